The third-order valence-electron chi connectivity index (χ3n) is 4.90. The summed E-state index contributed by atoms with van der Waals surface area (Å²) in [5, 5.41) is 4.70. The van der Waals surface area contributed by atoms with Crippen LogP contribution in [-0.2, 0) is 11.2 Å². The summed E-state index contributed by atoms with van der Waals surface area (Å²) >= 11 is 1.43. The SMILES string of the molecule is CCc1cccc2c(SCC(=O)Nc3ccc(OC)cc3)nc(-c3ccccc3)nc12. The second-order valence-corrected chi connectivity index (χ2v) is 7.91. The number of carbonyl (C=O) groups excluding carboxylic acids is 1. The van der Waals surface area contributed by atoms with Crippen molar-refractivity contribution in [2.24, 2.45) is 0 Å². The Kier molecular flexibility index (Phi) is 6.48. The van der Waals surface area contributed by atoms with Crippen LogP contribution in [0.1, 0.15) is 12.5 Å². The number of para-hydroxylation sites is 1. The van der Waals surface area contributed by atoms with Gasteiger partial charge in [0.2, 0.25) is 5.91 Å². The number of rotatable bonds is 7. The summed E-state index contributed by atoms with van der Waals surface area (Å²) in [6.07, 6.45) is 0.880. The van der Waals surface area contributed by atoms with Gasteiger partial charge in [-0.25, -0.2) is 9.97 Å². The van der Waals surface area contributed by atoms with Crippen LogP contribution in [0, 0.1) is 0 Å². The monoisotopic (exact) mass is 429 g/mol. The summed E-state index contributed by atoms with van der Waals surface area (Å²) in [4.78, 5) is 22.2. The van der Waals surface area contributed by atoms with E-state index in [0.29, 0.717) is 5.82 Å². The predicted octanol–water partition coefficient (Wildman–Crippen LogP) is 5.60. The highest BCUT2D eigenvalue weighted by Crippen LogP contribution is 2.30. The molecule has 6 heteroatoms. The van der Waals surface area contributed by atoms with Gasteiger partial charge in [0.25, 0.3) is 0 Å². The lowest BCUT2D eigenvalue weighted by Crippen LogP contribution is -2.14. The maximum absolute atomic E-state index is 12.5. The number of benzene rings is 3. The summed E-state index contributed by atoms with van der Waals surface area (Å²) in [5.74, 6) is 1.59. The molecule has 0 fully saturated rings. The molecular weight excluding hydrogens is 406 g/mol. The van der Waals surface area contributed by atoms with Crippen LogP contribution in [0.5, 0.6) is 5.75 Å². The van der Waals surface area contributed by atoms with Crippen molar-refractivity contribution < 1.29 is 9.53 Å². The number of hydrogen-bond donors (Lipinski definition) is 1. The zero-order valence-electron chi connectivity index (χ0n) is 17.5. The van der Waals surface area contributed by atoms with E-state index in [-0.39, 0.29) is 11.7 Å². The number of aromatic nitrogens is 2. The molecule has 1 aromatic heterocycles. The third kappa shape index (κ3) is 4.86. The van der Waals surface area contributed by atoms with E-state index in [4.69, 9.17) is 14.7 Å². The minimum Gasteiger partial charge on any atom is -0.497 e. The van der Waals surface area contributed by atoms with Crippen LogP contribution in [0.25, 0.3) is 22.3 Å². The van der Waals surface area contributed by atoms with Crippen molar-refractivity contribution >= 4 is 34.3 Å². The molecule has 1 heterocycles. The average molecular weight is 430 g/mol. The molecular formula is C25H23N3O2S. The first-order valence-electron chi connectivity index (χ1n) is 10.1. The molecule has 0 aliphatic heterocycles. The number of hydrogen-bond acceptors (Lipinski definition) is 5. The first-order chi connectivity index (χ1) is 15.2. The quantitative estimate of drug-likeness (QED) is 0.306. The van der Waals surface area contributed by atoms with E-state index in [0.717, 1.165) is 39.4 Å². The van der Waals surface area contributed by atoms with Gasteiger partial charge in [0.15, 0.2) is 5.82 Å². The van der Waals surface area contributed by atoms with Crippen molar-refractivity contribution in [2.45, 2.75) is 18.4 Å². The van der Waals surface area contributed by atoms with Gasteiger partial charge in [-0.1, -0.05) is 67.2 Å². The number of anilines is 1. The molecule has 156 valence electrons. The Hall–Kier alpha value is -3.38. The number of fused-ring (bicyclic) bond motifs is 1. The van der Waals surface area contributed by atoms with Crippen LogP contribution < -0.4 is 10.1 Å². The Bertz CT molecular complexity index is 1190. The Morgan fingerprint density at radius 3 is 2.45 bits per heavy atom. The van der Waals surface area contributed by atoms with Crippen molar-refractivity contribution in [3.8, 4) is 17.1 Å². The Balaban J connectivity index is 1.60. The van der Waals surface area contributed by atoms with Gasteiger partial charge in [-0.3, -0.25) is 4.79 Å². The molecule has 5 nitrogen and oxygen atoms in total. The van der Waals surface area contributed by atoms with Gasteiger partial charge in [-0.2, -0.15) is 0 Å². The highest BCUT2D eigenvalue weighted by Gasteiger charge is 2.14. The molecule has 1 amide bonds. The van der Waals surface area contributed by atoms with Gasteiger partial charge < -0.3 is 10.1 Å². The molecule has 0 spiro atoms. The summed E-state index contributed by atoms with van der Waals surface area (Å²) in [7, 11) is 1.62. The minimum absolute atomic E-state index is 0.0881. The van der Waals surface area contributed by atoms with Crippen LogP contribution in [0.3, 0.4) is 0 Å². The fourth-order valence-electron chi connectivity index (χ4n) is 3.30. The molecule has 4 aromatic rings. The van der Waals surface area contributed by atoms with Gasteiger partial charge in [-0.15, -0.1) is 0 Å². The number of thioether (sulfide) groups is 1. The average Bonchev–Trinajstić information content (AvgIpc) is 2.83. The van der Waals surface area contributed by atoms with E-state index in [9.17, 15) is 4.79 Å². The van der Waals surface area contributed by atoms with Gasteiger partial charge in [0, 0.05) is 16.6 Å². The fraction of sp³-hybridized carbons (Fsp3) is 0.160. The Morgan fingerprint density at radius 2 is 1.74 bits per heavy atom. The third-order valence-corrected chi connectivity index (χ3v) is 5.89. The van der Waals surface area contributed by atoms with Crippen LogP contribution in [0.2, 0.25) is 0 Å². The van der Waals surface area contributed by atoms with Gasteiger partial charge in [0.1, 0.15) is 10.8 Å². The standard InChI is InChI=1S/C25H23N3O2S/c1-3-17-10-7-11-21-23(17)27-24(18-8-5-4-6-9-18)28-25(21)31-16-22(29)26-19-12-14-20(30-2)15-13-19/h4-15H,3,16H2,1-2H3,(H,26,29). The molecule has 1 N–H and O–H groups in total. The Labute approximate surface area is 185 Å². The number of methoxy groups -OCH3 is 1. The molecule has 0 saturated heterocycles. The molecule has 0 aliphatic rings. The van der Waals surface area contributed by atoms with Crippen LogP contribution in [-0.4, -0.2) is 28.7 Å². The molecule has 31 heavy (non-hydrogen) atoms. The summed E-state index contributed by atoms with van der Waals surface area (Å²) < 4.78 is 5.16. The molecule has 3 aromatic carbocycles. The largest absolute Gasteiger partial charge is 0.497 e. The molecule has 0 bridgehead atoms. The van der Waals surface area contributed by atoms with Crippen LogP contribution in [0.4, 0.5) is 5.69 Å². The van der Waals surface area contributed by atoms with E-state index in [1.165, 1.54) is 17.3 Å². The lowest BCUT2D eigenvalue weighted by atomic mass is 10.1. The van der Waals surface area contributed by atoms with E-state index in [2.05, 4.69) is 18.3 Å². The fourth-order valence-corrected chi connectivity index (χ4v) is 4.11. The second-order valence-electron chi connectivity index (χ2n) is 6.95. The minimum atomic E-state index is -0.0881. The maximum atomic E-state index is 12.5. The molecule has 0 aliphatic carbocycles. The normalized spacial score (nSPS) is 10.8. The van der Waals surface area contributed by atoms with Crippen molar-refractivity contribution in [1.29, 1.82) is 0 Å². The van der Waals surface area contributed by atoms with E-state index in [1.54, 1.807) is 7.11 Å². The predicted molar refractivity (Wildman–Crippen MR) is 127 cm³/mol. The zero-order valence-corrected chi connectivity index (χ0v) is 18.3. The Morgan fingerprint density at radius 1 is 0.968 bits per heavy atom. The topological polar surface area (TPSA) is 64.1 Å². The highest BCUT2D eigenvalue weighted by atomic mass is 32.2. The molecule has 0 atom stereocenters. The van der Waals surface area contributed by atoms with Crippen molar-refractivity contribution in [1.82, 2.24) is 9.97 Å². The molecule has 0 unspecified atom stereocenters. The summed E-state index contributed by atoms with van der Waals surface area (Å²) in [5.41, 5.74) is 3.80. The van der Waals surface area contributed by atoms with Crippen molar-refractivity contribution in [3.05, 3.63) is 78.4 Å². The molecule has 4 rings (SSSR count). The molecule has 0 radical (unpaired) electrons. The van der Waals surface area contributed by atoms with E-state index >= 15 is 0 Å². The van der Waals surface area contributed by atoms with Crippen LogP contribution in [0.15, 0.2) is 77.8 Å². The number of nitrogens with one attached hydrogen (secondary N) is 1. The number of aryl methyl sites for hydroxylation is 1. The second kappa shape index (κ2) is 9.62. The first-order valence-corrected chi connectivity index (χ1v) is 11.1. The number of ether oxygens (including phenoxy) is 1. The van der Waals surface area contributed by atoms with Gasteiger partial charge in [0.05, 0.1) is 18.4 Å². The number of carbonyl (C=O) groups is 1. The number of amides is 1. The highest BCUT2D eigenvalue weighted by molar-refractivity contribution is 8.00. The van der Waals surface area contributed by atoms with Crippen LogP contribution >= 0.6 is 11.8 Å². The van der Waals surface area contributed by atoms with E-state index < -0.39 is 0 Å². The van der Waals surface area contributed by atoms with Gasteiger partial charge >= 0.3 is 0 Å². The van der Waals surface area contributed by atoms with Crippen molar-refractivity contribution in [3.63, 3.8) is 0 Å². The van der Waals surface area contributed by atoms with Gasteiger partial charge in [-0.05, 0) is 36.2 Å². The smallest absolute Gasteiger partial charge is 0.234 e. The molecule has 0 saturated carbocycles. The first kappa shape index (κ1) is 20.9. The summed E-state index contributed by atoms with van der Waals surface area (Å²) in [6, 6.07) is 23.3. The number of nitrogens with zero attached hydrogens (tertiary/aromatic N) is 2. The lowest BCUT2D eigenvalue weighted by molar-refractivity contribution is -0.113. The maximum Gasteiger partial charge on any atom is 0.234 e. The zero-order chi connectivity index (χ0) is 21.6. The van der Waals surface area contributed by atoms with Crippen molar-refractivity contribution in [2.75, 3.05) is 18.2 Å². The summed E-state index contributed by atoms with van der Waals surface area (Å²) in [6.45, 7) is 2.12. The van der Waals surface area contributed by atoms with E-state index in [1.807, 2.05) is 66.7 Å². The lowest BCUT2D eigenvalue weighted by Gasteiger charge is -2.11.